The maximum Gasteiger partial charge on any atom is 0.276 e. The van der Waals surface area contributed by atoms with Crippen LogP contribution in [0.15, 0.2) is 63.9 Å². The van der Waals surface area contributed by atoms with Gasteiger partial charge in [-0.05, 0) is 66.5 Å². The number of nitrogens with one attached hydrogen (secondary N) is 1. The summed E-state index contributed by atoms with van der Waals surface area (Å²) < 4.78 is 2.28. The number of thioether (sulfide) groups is 1. The van der Waals surface area contributed by atoms with Crippen LogP contribution in [0.5, 0.6) is 0 Å². The lowest BCUT2D eigenvalue weighted by atomic mass is 10.1. The fourth-order valence-electron chi connectivity index (χ4n) is 4.23. The smallest absolute Gasteiger partial charge is 0.276 e. The van der Waals surface area contributed by atoms with Crippen molar-refractivity contribution in [2.75, 3.05) is 5.75 Å². The summed E-state index contributed by atoms with van der Waals surface area (Å²) in [4.78, 5) is 30.9. The van der Waals surface area contributed by atoms with Crippen molar-refractivity contribution in [3.8, 4) is 5.69 Å². The molecule has 0 aliphatic heterocycles. The van der Waals surface area contributed by atoms with E-state index < -0.39 is 0 Å². The van der Waals surface area contributed by atoms with E-state index in [1.807, 2.05) is 55.6 Å². The topological polar surface area (TPSA) is 64.0 Å². The number of hydrogen-bond acceptors (Lipinski definition) is 5. The first-order valence-corrected chi connectivity index (χ1v) is 12.5. The molecule has 32 heavy (non-hydrogen) atoms. The first-order chi connectivity index (χ1) is 15.5. The number of rotatable bonds is 5. The molecule has 7 heteroatoms. The molecule has 0 radical (unpaired) electrons. The van der Waals surface area contributed by atoms with Gasteiger partial charge in [-0.25, -0.2) is 4.98 Å². The monoisotopic (exact) mass is 461 g/mol. The van der Waals surface area contributed by atoms with E-state index in [2.05, 4.69) is 17.4 Å². The largest absolute Gasteiger partial charge is 0.349 e. The zero-order valence-corrected chi connectivity index (χ0v) is 19.6. The van der Waals surface area contributed by atoms with Gasteiger partial charge in [-0.1, -0.05) is 48.2 Å². The van der Waals surface area contributed by atoms with Crippen molar-refractivity contribution < 1.29 is 4.79 Å². The molecule has 0 bridgehead atoms. The third kappa shape index (κ3) is 3.87. The molecule has 2 aromatic carbocycles. The average Bonchev–Trinajstić information content (AvgIpc) is 3.42. The van der Waals surface area contributed by atoms with Crippen LogP contribution in [-0.4, -0.2) is 21.2 Å². The predicted molar refractivity (Wildman–Crippen MR) is 131 cm³/mol. The van der Waals surface area contributed by atoms with Crippen molar-refractivity contribution >= 4 is 39.2 Å². The Bertz CT molecular complexity index is 1390. The van der Waals surface area contributed by atoms with Crippen LogP contribution in [0.2, 0.25) is 0 Å². The summed E-state index contributed by atoms with van der Waals surface area (Å²) in [5, 5.41) is 5.58. The minimum Gasteiger partial charge on any atom is -0.349 e. The van der Waals surface area contributed by atoms with Gasteiger partial charge in [0.1, 0.15) is 4.70 Å². The van der Waals surface area contributed by atoms with Crippen molar-refractivity contribution in [2.45, 2.75) is 37.9 Å². The van der Waals surface area contributed by atoms with Crippen molar-refractivity contribution in [2.24, 2.45) is 0 Å². The van der Waals surface area contributed by atoms with Crippen LogP contribution >= 0.6 is 23.1 Å². The molecule has 1 atom stereocenters. The molecule has 1 N–H and O–H groups in total. The minimum absolute atomic E-state index is 0.0489. The summed E-state index contributed by atoms with van der Waals surface area (Å²) in [6, 6.07) is 16.2. The Morgan fingerprint density at radius 1 is 1.22 bits per heavy atom. The molecule has 2 heterocycles. The zero-order valence-electron chi connectivity index (χ0n) is 17.9. The van der Waals surface area contributed by atoms with E-state index in [4.69, 9.17) is 4.98 Å². The number of thiophene rings is 1. The van der Waals surface area contributed by atoms with Crippen molar-refractivity contribution in [3.63, 3.8) is 0 Å². The van der Waals surface area contributed by atoms with Gasteiger partial charge >= 0.3 is 0 Å². The van der Waals surface area contributed by atoms with Gasteiger partial charge in [-0.2, -0.15) is 0 Å². The van der Waals surface area contributed by atoms with E-state index >= 15 is 0 Å². The zero-order chi connectivity index (χ0) is 22.2. The van der Waals surface area contributed by atoms with Crippen LogP contribution in [-0.2, 0) is 11.2 Å². The highest BCUT2D eigenvalue weighted by molar-refractivity contribution is 7.99. The Morgan fingerprint density at radius 2 is 2.06 bits per heavy atom. The molecule has 2 aromatic heterocycles. The van der Waals surface area contributed by atoms with Gasteiger partial charge in [0.2, 0.25) is 5.91 Å². The Hall–Kier alpha value is -2.90. The maximum absolute atomic E-state index is 13.4. The van der Waals surface area contributed by atoms with Crippen LogP contribution in [0.3, 0.4) is 0 Å². The molecule has 1 aliphatic carbocycles. The van der Waals surface area contributed by atoms with Crippen molar-refractivity contribution in [1.29, 1.82) is 0 Å². The molecule has 5 rings (SSSR count). The van der Waals surface area contributed by atoms with E-state index in [0.717, 1.165) is 29.7 Å². The van der Waals surface area contributed by atoms with E-state index in [9.17, 15) is 9.59 Å². The van der Waals surface area contributed by atoms with Gasteiger partial charge in [-0.3, -0.25) is 14.2 Å². The third-order valence-corrected chi connectivity index (χ3v) is 7.69. The Balaban J connectivity index is 1.43. The Kier molecular flexibility index (Phi) is 5.61. The minimum atomic E-state index is -0.0914. The van der Waals surface area contributed by atoms with Crippen molar-refractivity contribution in [1.82, 2.24) is 14.9 Å². The number of aromatic nitrogens is 2. The van der Waals surface area contributed by atoms with Crippen LogP contribution in [0.4, 0.5) is 0 Å². The Morgan fingerprint density at radius 3 is 2.94 bits per heavy atom. The quantitative estimate of drug-likeness (QED) is 0.337. The van der Waals surface area contributed by atoms with E-state index in [1.54, 1.807) is 4.57 Å². The summed E-state index contributed by atoms with van der Waals surface area (Å²) in [7, 11) is 0. The standard InChI is InChI=1S/C25H23N3O2S2/c1-15-7-8-16(2)21(13-15)28-24(30)23-20(11-12-31-23)27-25(28)32-14-22(29)26-19-10-9-17-5-3-4-6-18(17)19/h3-8,11-13,19H,9-10,14H2,1-2H3,(H,26,29)/t19-/m1/s1. The van der Waals surface area contributed by atoms with E-state index in [1.165, 1.54) is 34.2 Å². The summed E-state index contributed by atoms with van der Waals surface area (Å²) in [5.41, 5.74) is 5.96. The molecule has 0 saturated heterocycles. The lowest BCUT2D eigenvalue weighted by Gasteiger charge is -2.16. The van der Waals surface area contributed by atoms with Crippen LogP contribution in [0, 0.1) is 13.8 Å². The molecule has 0 saturated carbocycles. The normalized spacial score (nSPS) is 15.1. The molecule has 162 valence electrons. The van der Waals surface area contributed by atoms with Gasteiger partial charge in [0.05, 0.1) is 23.0 Å². The summed E-state index contributed by atoms with van der Waals surface area (Å²) >= 11 is 2.70. The molecule has 4 aromatic rings. The molecule has 0 spiro atoms. The second-order valence-corrected chi connectivity index (χ2v) is 9.96. The highest BCUT2D eigenvalue weighted by atomic mass is 32.2. The molecular weight excluding hydrogens is 438 g/mol. The molecule has 0 fully saturated rings. The molecule has 5 nitrogen and oxygen atoms in total. The number of carbonyl (C=O) groups is 1. The van der Waals surface area contributed by atoms with Gasteiger partial charge in [-0.15, -0.1) is 11.3 Å². The predicted octanol–water partition coefficient (Wildman–Crippen LogP) is 4.96. The first kappa shape index (κ1) is 21.0. The first-order valence-electron chi connectivity index (χ1n) is 10.6. The van der Waals surface area contributed by atoms with Gasteiger partial charge in [0.15, 0.2) is 5.16 Å². The maximum atomic E-state index is 13.4. The Labute approximate surface area is 194 Å². The SMILES string of the molecule is Cc1ccc(C)c(-n2c(SCC(=O)N[C@@H]3CCc4ccccc43)nc3ccsc3c2=O)c1. The fourth-order valence-corrected chi connectivity index (χ4v) is 5.81. The van der Waals surface area contributed by atoms with Crippen molar-refractivity contribution in [3.05, 3.63) is 86.5 Å². The van der Waals surface area contributed by atoms with Crippen LogP contribution in [0.1, 0.15) is 34.7 Å². The van der Waals surface area contributed by atoms with Gasteiger partial charge in [0, 0.05) is 0 Å². The summed E-state index contributed by atoms with van der Waals surface area (Å²) in [5.74, 6) is 0.148. The second-order valence-electron chi connectivity index (χ2n) is 8.11. The van der Waals surface area contributed by atoms with Crippen LogP contribution in [0.25, 0.3) is 15.9 Å². The lowest BCUT2D eigenvalue weighted by molar-refractivity contribution is -0.119. The molecule has 1 aliphatic rings. The second kappa shape index (κ2) is 8.56. The summed E-state index contributed by atoms with van der Waals surface area (Å²) in [6.07, 6.45) is 1.90. The fraction of sp³-hybridized carbons (Fsp3) is 0.240. The number of hydrogen-bond donors (Lipinski definition) is 1. The number of amides is 1. The van der Waals surface area contributed by atoms with Gasteiger partial charge in [0.25, 0.3) is 5.56 Å². The number of benzene rings is 2. The highest BCUT2D eigenvalue weighted by Gasteiger charge is 2.24. The molecule has 1 amide bonds. The highest BCUT2D eigenvalue weighted by Crippen LogP contribution is 2.31. The van der Waals surface area contributed by atoms with Crippen LogP contribution < -0.4 is 10.9 Å². The summed E-state index contributed by atoms with van der Waals surface area (Å²) in [6.45, 7) is 3.99. The van der Waals surface area contributed by atoms with Gasteiger partial charge < -0.3 is 5.32 Å². The number of fused-ring (bicyclic) bond motifs is 2. The average molecular weight is 462 g/mol. The van der Waals surface area contributed by atoms with E-state index in [0.29, 0.717) is 15.4 Å². The van der Waals surface area contributed by atoms with E-state index in [-0.39, 0.29) is 23.3 Å². The number of nitrogens with zero attached hydrogens (tertiary/aromatic N) is 2. The third-order valence-electron chi connectivity index (χ3n) is 5.86. The number of aryl methyl sites for hydroxylation is 3. The lowest BCUT2D eigenvalue weighted by Crippen LogP contribution is -2.29. The molecular formula is C25H23N3O2S2. The molecule has 0 unspecified atom stereocenters. The number of carbonyl (C=O) groups excluding carboxylic acids is 1.